The molecule has 2 heterocycles. The molecule has 104 valence electrons. The smallest absolute Gasteiger partial charge is 0.264 e. The zero-order chi connectivity index (χ0) is 14.1. The molecule has 1 aliphatic heterocycles. The van der Waals surface area contributed by atoms with Crippen LogP contribution in [0.5, 0.6) is 5.75 Å². The van der Waals surface area contributed by atoms with Crippen LogP contribution in [0.3, 0.4) is 0 Å². The summed E-state index contributed by atoms with van der Waals surface area (Å²) in [7, 11) is 1.76. The number of carbonyl (C=O) groups is 1. The van der Waals surface area contributed by atoms with Crippen molar-refractivity contribution in [3.63, 3.8) is 0 Å². The molecule has 1 aromatic heterocycles. The van der Waals surface area contributed by atoms with E-state index in [-0.39, 0.29) is 12.5 Å². The number of amides is 1. The van der Waals surface area contributed by atoms with Crippen molar-refractivity contribution in [2.75, 3.05) is 25.1 Å². The maximum atomic E-state index is 11.7. The topological polar surface area (TPSA) is 68.5 Å². The average Bonchev–Trinajstić information content (AvgIpc) is 2.92. The summed E-state index contributed by atoms with van der Waals surface area (Å²) in [6.07, 6.45) is 0.789. The Bertz CT molecular complexity index is 654. The second kappa shape index (κ2) is 5.22. The van der Waals surface area contributed by atoms with Crippen LogP contribution in [-0.2, 0) is 11.2 Å². The molecule has 0 saturated carbocycles. The van der Waals surface area contributed by atoms with Crippen molar-refractivity contribution in [1.82, 2.24) is 4.98 Å². The fraction of sp³-hybridized carbons (Fsp3) is 0.286. The Kier molecular flexibility index (Phi) is 3.42. The van der Waals surface area contributed by atoms with E-state index in [0.717, 1.165) is 34.1 Å². The van der Waals surface area contributed by atoms with Gasteiger partial charge < -0.3 is 15.4 Å². The lowest BCUT2D eigenvalue weighted by Gasteiger charge is -2.26. The van der Waals surface area contributed by atoms with Gasteiger partial charge in [-0.3, -0.25) is 4.79 Å². The molecule has 0 bridgehead atoms. The standard InChI is InChI=1S/C14H15N3O2S/c1-17-11-6-9(2-3-12(11)19-7-14(17)18)10-8-20-13(16-10)4-5-15/h2-3,6,8H,4-5,7,15H2,1H3. The van der Waals surface area contributed by atoms with Crippen molar-refractivity contribution in [3.05, 3.63) is 28.6 Å². The molecule has 1 amide bonds. The Labute approximate surface area is 121 Å². The molecule has 2 aromatic rings. The van der Waals surface area contributed by atoms with E-state index in [1.807, 2.05) is 23.6 Å². The molecule has 3 rings (SSSR count). The fourth-order valence-electron chi connectivity index (χ4n) is 2.11. The predicted molar refractivity (Wildman–Crippen MR) is 79.2 cm³/mol. The number of nitrogens with zero attached hydrogens (tertiary/aromatic N) is 2. The lowest BCUT2D eigenvalue weighted by atomic mass is 10.1. The minimum Gasteiger partial charge on any atom is -0.482 e. The molecule has 6 heteroatoms. The van der Waals surface area contributed by atoms with Gasteiger partial charge in [-0.2, -0.15) is 0 Å². The quantitative estimate of drug-likeness (QED) is 0.933. The number of ether oxygens (including phenoxy) is 1. The van der Waals surface area contributed by atoms with Gasteiger partial charge in [0.1, 0.15) is 5.75 Å². The molecular formula is C14H15N3O2S. The first-order valence-corrected chi connectivity index (χ1v) is 7.25. The van der Waals surface area contributed by atoms with E-state index in [1.165, 1.54) is 0 Å². The van der Waals surface area contributed by atoms with Gasteiger partial charge >= 0.3 is 0 Å². The van der Waals surface area contributed by atoms with E-state index < -0.39 is 0 Å². The summed E-state index contributed by atoms with van der Waals surface area (Å²) >= 11 is 1.60. The highest BCUT2D eigenvalue weighted by molar-refractivity contribution is 7.09. The van der Waals surface area contributed by atoms with Crippen LogP contribution in [0.1, 0.15) is 5.01 Å². The van der Waals surface area contributed by atoms with Crippen molar-refractivity contribution in [1.29, 1.82) is 0 Å². The molecule has 5 nitrogen and oxygen atoms in total. The number of anilines is 1. The first-order valence-electron chi connectivity index (χ1n) is 6.37. The Morgan fingerprint density at radius 2 is 2.35 bits per heavy atom. The summed E-state index contributed by atoms with van der Waals surface area (Å²) in [6.45, 7) is 0.697. The molecule has 0 aliphatic carbocycles. The second-order valence-corrected chi connectivity index (χ2v) is 5.53. The molecule has 20 heavy (non-hydrogen) atoms. The molecule has 0 atom stereocenters. The van der Waals surface area contributed by atoms with Crippen molar-refractivity contribution in [2.24, 2.45) is 5.73 Å². The third-order valence-electron chi connectivity index (χ3n) is 3.25. The highest BCUT2D eigenvalue weighted by atomic mass is 32.1. The van der Waals surface area contributed by atoms with Gasteiger partial charge in [0.05, 0.1) is 16.4 Å². The van der Waals surface area contributed by atoms with E-state index in [9.17, 15) is 4.79 Å². The van der Waals surface area contributed by atoms with Crippen LogP contribution in [0.15, 0.2) is 23.6 Å². The summed E-state index contributed by atoms with van der Waals surface area (Å²) in [6, 6.07) is 5.78. The van der Waals surface area contributed by atoms with Crippen molar-refractivity contribution >= 4 is 22.9 Å². The molecule has 0 spiro atoms. The average molecular weight is 289 g/mol. The largest absolute Gasteiger partial charge is 0.482 e. The van der Waals surface area contributed by atoms with Crippen LogP contribution in [0.2, 0.25) is 0 Å². The van der Waals surface area contributed by atoms with Crippen molar-refractivity contribution in [3.8, 4) is 17.0 Å². The number of likely N-dealkylation sites (N-methyl/N-ethyl adjacent to an activating group) is 1. The number of thiazole rings is 1. The molecular weight excluding hydrogens is 274 g/mol. The van der Waals surface area contributed by atoms with E-state index in [2.05, 4.69) is 4.98 Å². The van der Waals surface area contributed by atoms with E-state index in [1.54, 1.807) is 23.3 Å². The van der Waals surface area contributed by atoms with Gasteiger partial charge in [-0.05, 0) is 24.7 Å². The molecule has 0 unspecified atom stereocenters. The van der Waals surface area contributed by atoms with Gasteiger partial charge in [-0.1, -0.05) is 0 Å². The van der Waals surface area contributed by atoms with E-state index in [0.29, 0.717) is 6.54 Å². The first kappa shape index (κ1) is 13.1. The minimum atomic E-state index is -0.0447. The summed E-state index contributed by atoms with van der Waals surface area (Å²) in [5.74, 6) is 0.685. The SMILES string of the molecule is CN1C(=O)COc2ccc(-c3csc(CCN)n3)cc21. The zero-order valence-electron chi connectivity index (χ0n) is 11.1. The normalized spacial score (nSPS) is 14.1. The highest BCUT2D eigenvalue weighted by Crippen LogP contribution is 2.35. The molecule has 2 N–H and O–H groups in total. The second-order valence-electron chi connectivity index (χ2n) is 4.59. The van der Waals surface area contributed by atoms with Crippen molar-refractivity contribution < 1.29 is 9.53 Å². The number of aromatic nitrogens is 1. The van der Waals surface area contributed by atoms with Crippen LogP contribution in [0, 0.1) is 0 Å². The van der Waals surface area contributed by atoms with Gasteiger partial charge in [0, 0.05) is 24.4 Å². The maximum absolute atomic E-state index is 11.7. The van der Waals surface area contributed by atoms with Gasteiger partial charge in [0.15, 0.2) is 6.61 Å². The number of hydrogen-bond acceptors (Lipinski definition) is 5. The lowest BCUT2D eigenvalue weighted by Crippen LogP contribution is -2.35. The van der Waals surface area contributed by atoms with Crippen LogP contribution in [0.4, 0.5) is 5.69 Å². The van der Waals surface area contributed by atoms with Crippen LogP contribution in [0.25, 0.3) is 11.3 Å². The molecule has 1 aromatic carbocycles. The van der Waals surface area contributed by atoms with Gasteiger partial charge in [-0.25, -0.2) is 4.98 Å². The maximum Gasteiger partial charge on any atom is 0.264 e. The summed E-state index contributed by atoms with van der Waals surface area (Å²) in [5.41, 5.74) is 8.21. The zero-order valence-corrected chi connectivity index (χ0v) is 11.9. The number of carbonyl (C=O) groups excluding carboxylic acids is 1. The van der Waals surface area contributed by atoms with Crippen LogP contribution in [-0.4, -0.2) is 31.1 Å². The van der Waals surface area contributed by atoms with E-state index >= 15 is 0 Å². The van der Waals surface area contributed by atoms with Crippen LogP contribution < -0.4 is 15.4 Å². The number of fused-ring (bicyclic) bond motifs is 1. The fourth-order valence-corrected chi connectivity index (χ4v) is 2.94. The predicted octanol–water partition coefficient (Wildman–Crippen LogP) is 1.67. The summed E-state index contributed by atoms with van der Waals surface area (Å²) in [4.78, 5) is 17.8. The number of rotatable bonds is 3. The first-order chi connectivity index (χ1) is 9.69. The molecule has 0 fully saturated rings. The van der Waals surface area contributed by atoms with Gasteiger partial charge in [-0.15, -0.1) is 11.3 Å². The number of benzene rings is 1. The van der Waals surface area contributed by atoms with Crippen LogP contribution >= 0.6 is 11.3 Å². The number of nitrogens with two attached hydrogens (primary N) is 1. The van der Waals surface area contributed by atoms with E-state index in [4.69, 9.17) is 10.5 Å². The Hall–Kier alpha value is -1.92. The lowest BCUT2D eigenvalue weighted by molar-refractivity contribution is -0.120. The Morgan fingerprint density at radius 3 is 3.15 bits per heavy atom. The van der Waals surface area contributed by atoms with Gasteiger partial charge in [0.2, 0.25) is 0 Å². The summed E-state index contributed by atoms with van der Waals surface area (Å²) < 4.78 is 5.42. The molecule has 1 aliphatic rings. The van der Waals surface area contributed by atoms with Crippen molar-refractivity contribution in [2.45, 2.75) is 6.42 Å². The molecule has 0 saturated heterocycles. The summed E-state index contributed by atoms with van der Waals surface area (Å²) in [5, 5.41) is 3.04. The highest BCUT2D eigenvalue weighted by Gasteiger charge is 2.22. The Morgan fingerprint density at radius 1 is 1.50 bits per heavy atom. The Balaban J connectivity index is 1.96. The third kappa shape index (κ3) is 2.28. The monoisotopic (exact) mass is 289 g/mol. The molecule has 0 radical (unpaired) electrons. The minimum absolute atomic E-state index is 0.0447. The number of hydrogen-bond donors (Lipinski definition) is 1. The van der Waals surface area contributed by atoms with Gasteiger partial charge in [0.25, 0.3) is 5.91 Å². The third-order valence-corrected chi connectivity index (χ3v) is 4.16.